The molecule has 6 heteroatoms. The molecule has 1 aliphatic heterocycles. The number of hydrogen-bond acceptors (Lipinski definition) is 3. The van der Waals surface area contributed by atoms with Crippen LogP contribution in [0.4, 0.5) is 0 Å². The van der Waals surface area contributed by atoms with Crippen LogP contribution in [0.25, 0.3) is 0 Å². The highest BCUT2D eigenvalue weighted by molar-refractivity contribution is 7.85. The van der Waals surface area contributed by atoms with Gasteiger partial charge in [0.2, 0.25) is 5.91 Å². The molecule has 0 saturated carbocycles. The van der Waals surface area contributed by atoms with Crippen molar-refractivity contribution in [1.82, 2.24) is 10.2 Å². The zero-order chi connectivity index (χ0) is 16.2. The van der Waals surface area contributed by atoms with Crippen LogP contribution in [0, 0.1) is 0 Å². The highest BCUT2D eigenvalue weighted by atomic mass is 35.5. The Balaban J connectivity index is 1.83. The second-order valence-electron chi connectivity index (χ2n) is 6.23. The van der Waals surface area contributed by atoms with Gasteiger partial charge in [0.15, 0.2) is 0 Å². The summed E-state index contributed by atoms with van der Waals surface area (Å²) in [5.74, 6) is 1.44. The van der Waals surface area contributed by atoms with E-state index in [2.05, 4.69) is 24.1 Å². The minimum Gasteiger partial charge on any atom is -0.354 e. The lowest BCUT2D eigenvalue weighted by atomic mass is 10.0. The van der Waals surface area contributed by atoms with Crippen LogP contribution in [0.2, 0.25) is 5.02 Å². The fourth-order valence-corrected chi connectivity index (χ4v) is 3.83. The van der Waals surface area contributed by atoms with Crippen LogP contribution in [0.1, 0.15) is 19.4 Å². The van der Waals surface area contributed by atoms with Crippen LogP contribution in [0.3, 0.4) is 0 Å². The summed E-state index contributed by atoms with van der Waals surface area (Å²) >= 11 is 5.93. The molecule has 0 radical (unpaired) electrons. The summed E-state index contributed by atoms with van der Waals surface area (Å²) in [5.41, 5.74) is 0.783. The third kappa shape index (κ3) is 5.07. The molecule has 0 spiro atoms. The van der Waals surface area contributed by atoms with Gasteiger partial charge < -0.3 is 5.32 Å². The molecule has 1 aromatic rings. The Morgan fingerprint density at radius 3 is 2.68 bits per heavy atom. The molecule has 1 aliphatic rings. The Bertz CT molecular complexity index is 553. The predicted molar refractivity (Wildman–Crippen MR) is 91.7 cm³/mol. The number of benzene rings is 1. The maximum absolute atomic E-state index is 12.1. The van der Waals surface area contributed by atoms with E-state index in [1.165, 1.54) is 0 Å². The largest absolute Gasteiger partial charge is 0.354 e. The number of rotatable bonds is 5. The number of hydrogen-bond donors (Lipinski definition) is 1. The zero-order valence-electron chi connectivity index (χ0n) is 13.1. The second kappa shape index (κ2) is 7.57. The van der Waals surface area contributed by atoms with Gasteiger partial charge in [-0.2, -0.15) is 0 Å². The zero-order valence-corrected chi connectivity index (χ0v) is 14.7. The van der Waals surface area contributed by atoms with Crippen molar-refractivity contribution in [3.63, 3.8) is 0 Å². The molecule has 1 N–H and O–H groups in total. The van der Waals surface area contributed by atoms with Gasteiger partial charge in [-0.25, -0.2) is 0 Å². The number of nitrogens with one attached hydrogen (secondary N) is 1. The molecule has 1 heterocycles. The minimum atomic E-state index is -0.679. The molecule has 0 aromatic heterocycles. The van der Waals surface area contributed by atoms with E-state index in [9.17, 15) is 9.00 Å². The van der Waals surface area contributed by atoms with Crippen molar-refractivity contribution in [2.24, 2.45) is 0 Å². The van der Waals surface area contributed by atoms with Gasteiger partial charge in [-0.1, -0.05) is 23.7 Å². The van der Waals surface area contributed by atoms with Gasteiger partial charge in [0, 0.05) is 52.5 Å². The van der Waals surface area contributed by atoms with Gasteiger partial charge >= 0.3 is 0 Å². The van der Waals surface area contributed by atoms with Crippen LogP contribution in [0.15, 0.2) is 24.3 Å². The Morgan fingerprint density at radius 2 is 2.05 bits per heavy atom. The van der Waals surface area contributed by atoms with Crippen molar-refractivity contribution < 1.29 is 9.00 Å². The summed E-state index contributed by atoms with van der Waals surface area (Å²) in [7, 11) is -0.679. The second-order valence-corrected chi connectivity index (χ2v) is 8.36. The summed E-state index contributed by atoms with van der Waals surface area (Å²) in [5, 5.41) is 3.65. The van der Waals surface area contributed by atoms with Gasteiger partial charge in [-0.05, 0) is 31.5 Å². The van der Waals surface area contributed by atoms with Gasteiger partial charge in [-0.3, -0.25) is 13.9 Å². The van der Waals surface area contributed by atoms with Gasteiger partial charge in [-0.15, -0.1) is 0 Å². The monoisotopic (exact) mass is 342 g/mol. The lowest BCUT2D eigenvalue weighted by Crippen LogP contribution is -2.55. The van der Waals surface area contributed by atoms with Gasteiger partial charge in [0.1, 0.15) is 0 Å². The summed E-state index contributed by atoms with van der Waals surface area (Å²) in [6, 6.07) is 7.36. The van der Waals surface area contributed by atoms with Crippen LogP contribution in [0.5, 0.6) is 0 Å². The maximum atomic E-state index is 12.1. The van der Waals surface area contributed by atoms with Crippen molar-refractivity contribution in [3.8, 4) is 0 Å². The van der Waals surface area contributed by atoms with Crippen molar-refractivity contribution in [2.75, 3.05) is 31.1 Å². The summed E-state index contributed by atoms with van der Waals surface area (Å²) in [6.45, 7) is 6.45. The van der Waals surface area contributed by atoms with E-state index in [1.54, 1.807) is 6.07 Å². The topological polar surface area (TPSA) is 49.4 Å². The smallest absolute Gasteiger partial charge is 0.224 e. The van der Waals surface area contributed by atoms with Crippen molar-refractivity contribution in [2.45, 2.75) is 25.8 Å². The molecule has 0 bridgehead atoms. The standard InChI is InChI=1S/C16H23ClN2O2S/c1-16(2,19-6-8-22(21)9-7-19)12-18-15(20)11-13-4-3-5-14(17)10-13/h3-5,10H,6-9,11-12H2,1-2H3,(H,18,20). The third-order valence-electron chi connectivity index (χ3n) is 4.01. The number of amides is 1. The fraction of sp³-hybridized carbons (Fsp3) is 0.562. The predicted octanol–water partition coefficient (Wildman–Crippen LogP) is 1.84. The van der Waals surface area contributed by atoms with E-state index in [0.717, 1.165) is 30.2 Å². The van der Waals surface area contributed by atoms with E-state index in [4.69, 9.17) is 11.6 Å². The third-order valence-corrected chi connectivity index (χ3v) is 5.52. The molecule has 0 atom stereocenters. The molecule has 1 saturated heterocycles. The normalized spacial score (nSPS) is 17.4. The Morgan fingerprint density at radius 1 is 1.36 bits per heavy atom. The van der Waals surface area contributed by atoms with Crippen LogP contribution >= 0.6 is 11.6 Å². The summed E-state index contributed by atoms with van der Waals surface area (Å²) in [4.78, 5) is 14.4. The minimum absolute atomic E-state index is 0.00377. The Labute approximate surface area is 139 Å². The van der Waals surface area contributed by atoms with E-state index >= 15 is 0 Å². The van der Waals surface area contributed by atoms with E-state index in [0.29, 0.717) is 18.0 Å². The Kier molecular flexibility index (Phi) is 6.01. The summed E-state index contributed by atoms with van der Waals surface area (Å²) in [6.07, 6.45) is 0.334. The van der Waals surface area contributed by atoms with E-state index in [1.807, 2.05) is 18.2 Å². The van der Waals surface area contributed by atoms with Crippen molar-refractivity contribution >= 4 is 28.3 Å². The first-order chi connectivity index (χ1) is 10.4. The average Bonchev–Trinajstić information content (AvgIpc) is 2.46. The quantitative estimate of drug-likeness (QED) is 0.888. The molecule has 22 heavy (non-hydrogen) atoms. The first kappa shape index (κ1) is 17.4. The number of halogens is 1. The molecule has 0 unspecified atom stereocenters. The molecule has 1 fully saturated rings. The fourth-order valence-electron chi connectivity index (χ4n) is 2.56. The SMILES string of the molecule is CC(C)(CNC(=O)Cc1cccc(Cl)c1)N1CCS(=O)CC1. The number of carbonyl (C=O) groups excluding carboxylic acids is 1. The first-order valence-corrected chi connectivity index (χ1v) is 9.34. The summed E-state index contributed by atoms with van der Waals surface area (Å²) < 4.78 is 11.4. The first-order valence-electron chi connectivity index (χ1n) is 7.48. The van der Waals surface area contributed by atoms with Crippen molar-refractivity contribution in [3.05, 3.63) is 34.9 Å². The van der Waals surface area contributed by atoms with Crippen LogP contribution < -0.4 is 5.32 Å². The van der Waals surface area contributed by atoms with E-state index in [-0.39, 0.29) is 11.4 Å². The van der Waals surface area contributed by atoms with Crippen LogP contribution in [-0.2, 0) is 22.0 Å². The molecule has 4 nitrogen and oxygen atoms in total. The highest BCUT2D eigenvalue weighted by Crippen LogP contribution is 2.16. The molecular weight excluding hydrogens is 320 g/mol. The number of nitrogens with zero attached hydrogens (tertiary/aromatic N) is 1. The van der Waals surface area contributed by atoms with Gasteiger partial charge in [0.05, 0.1) is 6.42 Å². The lowest BCUT2D eigenvalue weighted by molar-refractivity contribution is -0.121. The van der Waals surface area contributed by atoms with Gasteiger partial charge in [0.25, 0.3) is 0 Å². The molecule has 2 rings (SSSR count). The van der Waals surface area contributed by atoms with Crippen LogP contribution in [-0.4, -0.2) is 51.7 Å². The molecular formula is C16H23ClN2O2S. The number of carbonyl (C=O) groups is 1. The maximum Gasteiger partial charge on any atom is 0.224 e. The molecule has 0 aliphatic carbocycles. The van der Waals surface area contributed by atoms with E-state index < -0.39 is 10.8 Å². The Hall–Kier alpha value is -0.910. The molecule has 1 amide bonds. The molecule has 1 aromatic carbocycles. The van der Waals surface area contributed by atoms with Crippen molar-refractivity contribution in [1.29, 1.82) is 0 Å². The molecule has 122 valence electrons. The highest BCUT2D eigenvalue weighted by Gasteiger charge is 2.29. The lowest BCUT2D eigenvalue weighted by Gasteiger charge is -2.40. The average molecular weight is 343 g/mol.